The summed E-state index contributed by atoms with van der Waals surface area (Å²) < 4.78 is 2.39. The second-order valence-corrected chi connectivity index (χ2v) is 5.23. The van der Waals surface area contributed by atoms with E-state index in [9.17, 15) is 0 Å². The van der Waals surface area contributed by atoms with Crippen LogP contribution in [-0.4, -0.2) is 29.1 Å². The highest BCUT2D eigenvalue weighted by Crippen LogP contribution is 2.27. The van der Waals surface area contributed by atoms with E-state index in [-0.39, 0.29) is 6.04 Å². The molecule has 1 heterocycles. The molecule has 0 amide bonds. The smallest absolute Gasteiger partial charge is 0.153 e. The molecule has 0 aliphatic rings. The average molecular weight is 325 g/mol. The highest BCUT2D eigenvalue weighted by molar-refractivity contribution is 9.10. The molecule has 0 saturated heterocycles. The Morgan fingerprint density at radius 3 is 2.37 bits per heavy atom. The number of benzene rings is 1. The highest BCUT2D eigenvalue weighted by Gasteiger charge is 2.20. The van der Waals surface area contributed by atoms with Gasteiger partial charge in [-0.25, -0.2) is 10.1 Å². The van der Waals surface area contributed by atoms with Crippen molar-refractivity contribution in [2.45, 2.75) is 6.04 Å². The summed E-state index contributed by atoms with van der Waals surface area (Å²) in [6.07, 6.45) is 0. The first-order valence-electron chi connectivity index (χ1n) is 5.83. The molecule has 0 aliphatic heterocycles. The molecule has 1 aromatic heterocycles. The Labute approximate surface area is 120 Å². The maximum absolute atomic E-state index is 5.68. The van der Waals surface area contributed by atoms with Gasteiger partial charge in [-0.2, -0.15) is 0 Å². The normalized spacial score (nSPS) is 12.5. The van der Waals surface area contributed by atoms with Gasteiger partial charge in [-0.1, -0.05) is 17.3 Å². The van der Waals surface area contributed by atoms with Crippen LogP contribution in [0.25, 0.3) is 0 Å². The minimum atomic E-state index is -0.161. The number of aromatic nitrogens is 3. The number of anilines is 1. The molecule has 0 radical (unpaired) electrons. The number of hydrazine groups is 1. The van der Waals surface area contributed by atoms with E-state index in [0.29, 0.717) is 4.60 Å². The summed E-state index contributed by atoms with van der Waals surface area (Å²) in [6.45, 7) is 0. The first-order chi connectivity index (χ1) is 9.04. The zero-order chi connectivity index (χ0) is 14.0. The molecular weight excluding hydrogens is 308 g/mol. The van der Waals surface area contributed by atoms with E-state index in [0.717, 1.165) is 16.9 Å². The molecule has 3 N–H and O–H groups in total. The lowest BCUT2D eigenvalue weighted by molar-refractivity contribution is 0.569. The first kappa shape index (κ1) is 14.0. The lowest BCUT2D eigenvalue weighted by Crippen LogP contribution is -2.30. The summed E-state index contributed by atoms with van der Waals surface area (Å²) in [4.78, 5) is 2.05. The Hall–Kier alpha value is -1.44. The van der Waals surface area contributed by atoms with Gasteiger partial charge in [0, 0.05) is 26.8 Å². The van der Waals surface area contributed by atoms with Crippen molar-refractivity contribution in [3.05, 3.63) is 40.1 Å². The largest absolute Gasteiger partial charge is 0.378 e. The van der Waals surface area contributed by atoms with Gasteiger partial charge in [0.05, 0.1) is 11.7 Å². The van der Waals surface area contributed by atoms with Crippen molar-refractivity contribution >= 4 is 21.6 Å². The molecule has 2 rings (SSSR count). The Morgan fingerprint density at radius 1 is 1.32 bits per heavy atom. The molecular formula is C12H17BrN6. The Balaban J connectivity index is 2.37. The van der Waals surface area contributed by atoms with Crippen LogP contribution in [0.5, 0.6) is 0 Å². The van der Waals surface area contributed by atoms with Crippen LogP contribution < -0.4 is 16.2 Å². The Kier molecular flexibility index (Phi) is 4.18. The van der Waals surface area contributed by atoms with Gasteiger partial charge in [-0.15, -0.1) is 5.10 Å². The highest BCUT2D eigenvalue weighted by atomic mass is 79.9. The summed E-state index contributed by atoms with van der Waals surface area (Å²) in [7, 11) is 5.86. The van der Waals surface area contributed by atoms with Crippen LogP contribution in [0.2, 0.25) is 0 Å². The lowest BCUT2D eigenvalue weighted by Gasteiger charge is -2.18. The monoisotopic (exact) mass is 324 g/mol. The van der Waals surface area contributed by atoms with Crippen molar-refractivity contribution in [2.75, 3.05) is 19.0 Å². The maximum atomic E-state index is 5.68. The summed E-state index contributed by atoms with van der Waals surface area (Å²) in [5.41, 5.74) is 5.89. The van der Waals surface area contributed by atoms with Crippen molar-refractivity contribution in [3.8, 4) is 0 Å². The van der Waals surface area contributed by atoms with E-state index in [1.807, 2.05) is 33.3 Å². The van der Waals surface area contributed by atoms with Crippen LogP contribution in [-0.2, 0) is 7.05 Å². The standard InChI is InChI=1S/C12H17BrN6/c1-18(2)9-6-4-8(5-7-9)10(15-14)11-12(13)16-17-19(11)3/h4-7,10,15H,14H2,1-3H3. The summed E-state index contributed by atoms with van der Waals surface area (Å²) in [5, 5.41) is 7.95. The molecule has 1 aromatic carbocycles. The maximum Gasteiger partial charge on any atom is 0.153 e. The van der Waals surface area contributed by atoms with Gasteiger partial charge in [0.2, 0.25) is 0 Å². The molecule has 6 nitrogen and oxygen atoms in total. The number of rotatable bonds is 4. The quantitative estimate of drug-likeness (QED) is 0.653. The van der Waals surface area contributed by atoms with Gasteiger partial charge >= 0.3 is 0 Å². The van der Waals surface area contributed by atoms with Crippen LogP contribution in [0.15, 0.2) is 28.9 Å². The predicted molar refractivity (Wildman–Crippen MR) is 78.6 cm³/mol. The Morgan fingerprint density at radius 2 is 1.95 bits per heavy atom. The van der Waals surface area contributed by atoms with Gasteiger partial charge in [0.1, 0.15) is 0 Å². The molecule has 0 fully saturated rings. The number of hydrogen-bond donors (Lipinski definition) is 2. The molecule has 19 heavy (non-hydrogen) atoms. The minimum Gasteiger partial charge on any atom is -0.378 e. The van der Waals surface area contributed by atoms with Crippen LogP contribution >= 0.6 is 15.9 Å². The molecule has 0 spiro atoms. The molecule has 0 aliphatic carbocycles. The second kappa shape index (κ2) is 5.68. The third kappa shape index (κ3) is 2.78. The number of aryl methyl sites for hydroxylation is 1. The van der Waals surface area contributed by atoms with Gasteiger partial charge in [-0.05, 0) is 33.6 Å². The number of halogens is 1. The predicted octanol–water partition coefficient (Wildman–Crippen LogP) is 1.20. The summed E-state index contributed by atoms with van der Waals surface area (Å²) >= 11 is 3.40. The minimum absolute atomic E-state index is 0.161. The average Bonchev–Trinajstić information content (AvgIpc) is 2.72. The molecule has 7 heteroatoms. The van der Waals surface area contributed by atoms with E-state index in [4.69, 9.17) is 5.84 Å². The van der Waals surface area contributed by atoms with Crippen molar-refractivity contribution in [2.24, 2.45) is 12.9 Å². The lowest BCUT2D eigenvalue weighted by atomic mass is 10.0. The molecule has 1 unspecified atom stereocenters. The van der Waals surface area contributed by atoms with Gasteiger partial charge in [0.15, 0.2) is 4.60 Å². The molecule has 0 bridgehead atoms. The molecule has 102 valence electrons. The van der Waals surface area contributed by atoms with Crippen molar-refractivity contribution in [1.82, 2.24) is 20.4 Å². The number of nitrogens with zero attached hydrogens (tertiary/aromatic N) is 4. The fraction of sp³-hybridized carbons (Fsp3) is 0.333. The van der Waals surface area contributed by atoms with Gasteiger partial charge < -0.3 is 4.90 Å². The van der Waals surface area contributed by atoms with Crippen LogP contribution in [0.1, 0.15) is 17.3 Å². The zero-order valence-corrected chi connectivity index (χ0v) is 12.7. The van der Waals surface area contributed by atoms with Gasteiger partial charge in [-0.3, -0.25) is 5.84 Å². The topological polar surface area (TPSA) is 72.0 Å². The second-order valence-electron chi connectivity index (χ2n) is 4.47. The zero-order valence-electron chi connectivity index (χ0n) is 11.1. The van der Waals surface area contributed by atoms with Gasteiger partial charge in [0.25, 0.3) is 0 Å². The Bertz CT molecular complexity index is 528. The van der Waals surface area contributed by atoms with E-state index in [2.05, 4.69) is 48.7 Å². The van der Waals surface area contributed by atoms with E-state index in [1.54, 1.807) is 4.68 Å². The van der Waals surface area contributed by atoms with Crippen LogP contribution in [0.3, 0.4) is 0 Å². The number of nitrogens with one attached hydrogen (secondary N) is 1. The van der Waals surface area contributed by atoms with Crippen molar-refractivity contribution in [3.63, 3.8) is 0 Å². The van der Waals surface area contributed by atoms with Crippen molar-refractivity contribution < 1.29 is 0 Å². The van der Waals surface area contributed by atoms with E-state index >= 15 is 0 Å². The summed E-state index contributed by atoms with van der Waals surface area (Å²) in [5.74, 6) is 5.68. The van der Waals surface area contributed by atoms with Crippen LogP contribution in [0.4, 0.5) is 5.69 Å². The molecule has 0 saturated carbocycles. The number of nitrogens with two attached hydrogens (primary N) is 1. The third-order valence-electron chi connectivity index (χ3n) is 3.01. The third-order valence-corrected chi connectivity index (χ3v) is 3.57. The van der Waals surface area contributed by atoms with E-state index in [1.165, 1.54) is 0 Å². The fourth-order valence-electron chi connectivity index (χ4n) is 1.94. The van der Waals surface area contributed by atoms with E-state index < -0.39 is 0 Å². The molecule has 2 aromatic rings. The SMILES string of the molecule is CN(C)c1ccc(C(NN)c2c(Br)nnn2C)cc1. The van der Waals surface area contributed by atoms with Crippen molar-refractivity contribution in [1.29, 1.82) is 0 Å². The first-order valence-corrected chi connectivity index (χ1v) is 6.62. The molecule has 1 atom stereocenters. The number of hydrogen-bond acceptors (Lipinski definition) is 5. The summed E-state index contributed by atoms with van der Waals surface area (Å²) in [6, 6.07) is 8.03. The fourth-order valence-corrected chi connectivity index (χ4v) is 2.50. The van der Waals surface area contributed by atoms with Crippen LogP contribution in [0, 0.1) is 0 Å².